The van der Waals surface area contributed by atoms with Gasteiger partial charge in [-0.1, -0.05) is 41.9 Å². The maximum Gasteiger partial charge on any atom is 0.118 e. The first-order valence-electron chi connectivity index (χ1n) is 6.69. The van der Waals surface area contributed by atoms with Crippen molar-refractivity contribution < 1.29 is 4.74 Å². The molecule has 1 unspecified atom stereocenters. The summed E-state index contributed by atoms with van der Waals surface area (Å²) in [5.74, 6) is 0.882. The summed E-state index contributed by atoms with van der Waals surface area (Å²) in [6.45, 7) is 0. The third kappa shape index (κ3) is 4.43. The maximum atomic E-state index is 6.41. The van der Waals surface area contributed by atoms with Crippen LogP contribution in [-0.4, -0.2) is 12.5 Å². The Balaban J connectivity index is 1.85. The first-order valence-corrected chi connectivity index (χ1v) is 7.51. The molecule has 2 rings (SSSR count). The van der Waals surface area contributed by atoms with Gasteiger partial charge in [0.25, 0.3) is 0 Å². The van der Waals surface area contributed by atoms with Crippen LogP contribution in [0.2, 0.25) is 5.02 Å². The lowest BCUT2D eigenvalue weighted by atomic mass is 10.0. The Morgan fingerprint density at radius 2 is 1.75 bits per heavy atom. The van der Waals surface area contributed by atoms with Gasteiger partial charge in [-0.05, 0) is 48.6 Å². The molecule has 20 heavy (non-hydrogen) atoms. The Bertz CT molecular complexity index is 537. The molecule has 2 aromatic rings. The summed E-state index contributed by atoms with van der Waals surface area (Å²) in [5.41, 5.74) is 2.39. The molecule has 0 N–H and O–H groups in total. The molecule has 0 aliphatic heterocycles. The lowest BCUT2D eigenvalue weighted by Gasteiger charge is -2.11. The molecule has 0 aliphatic rings. The predicted molar refractivity (Wildman–Crippen MR) is 86.1 cm³/mol. The first kappa shape index (κ1) is 15.2. The van der Waals surface area contributed by atoms with Crippen LogP contribution in [0.25, 0.3) is 0 Å². The highest BCUT2D eigenvalue weighted by atomic mass is 35.5. The Morgan fingerprint density at radius 1 is 1.05 bits per heavy atom. The van der Waals surface area contributed by atoms with Gasteiger partial charge < -0.3 is 4.74 Å². The highest BCUT2D eigenvalue weighted by molar-refractivity contribution is 6.31. The summed E-state index contributed by atoms with van der Waals surface area (Å²) in [5, 5.41) is 0.889. The average molecular weight is 309 g/mol. The van der Waals surface area contributed by atoms with Crippen LogP contribution in [0, 0.1) is 0 Å². The van der Waals surface area contributed by atoms with Crippen molar-refractivity contribution in [1.29, 1.82) is 0 Å². The molecule has 0 spiro atoms. The number of alkyl halides is 1. The van der Waals surface area contributed by atoms with Crippen molar-refractivity contribution in [1.82, 2.24) is 0 Å². The molecule has 0 aliphatic carbocycles. The van der Waals surface area contributed by atoms with E-state index in [2.05, 4.69) is 12.1 Å². The number of rotatable bonds is 6. The van der Waals surface area contributed by atoms with E-state index in [4.69, 9.17) is 27.9 Å². The monoisotopic (exact) mass is 308 g/mol. The van der Waals surface area contributed by atoms with Crippen molar-refractivity contribution in [3.63, 3.8) is 0 Å². The largest absolute Gasteiger partial charge is 0.497 e. The molecule has 0 radical (unpaired) electrons. The van der Waals surface area contributed by atoms with Crippen molar-refractivity contribution in [2.45, 2.75) is 24.6 Å². The van der Waals surface area contributed by atoms with Crippen LogP contribution < -0.4 is 4.74 Å². The van der Waals surface area contributed by atoms with E-state index in [0.717, 1.165) is 35.6 Å². The van der Waals surface area contributed by atoms with Gasteiger partial charge in [0.05, 0.1) is 7.11 Å². The van der Waals surface area contributed by atoms with Crippen molar-refractivity contribution >= 4 is 23.2 Å². The van der Waals surface area contributed by atoms with Crippen molar-refractivity contribution in [3.8, 4) is 5.75 Å². The lowest BCUT2D eigenvalue weighted by Crippen LogP contribution is -2.05. The van der Waals surface area contributed by atoms with Crippen LogP contribution in [0.3, 0.4) is 0 Å². The SMILES string of the molecule is COc1ccc(CCC(Cl)Cc2ccccc2Cl)cc1. The Kier molecular flexibility index (Phi) is 5.75. The number of hydrogen-bond donors (Lipinski definition) is 0. The fourth-order valence-corrected chi connectivity index (χ4v) is 2.61. The van der Waals surface area contributed by atoms with Crippen LogP contribution in [0.4, 0.5) is 0 Å². The second kappa shape index (κ2) is 7.56. The minimum atomic E-state index is 0.0944. The number of halogens is 2. The topological polar surface area (TPSA) is 9.23 Å². The fourth-order valence-electron chi connectivity index (χ4n) is 2.12. The molecule has 1 nitrogen and oxygen atoms in total. The van der Waals surface area contributed by atoms with E-state index in [-0.39, 0.29) is 5.38 Å². The normalized spacial score (nSPS) is 12.2. The summed E-state index contributed by atoms with van der Waals surface area (Å²) >= 11 is 12.6. The zero-order valence-corrected chi connectivity index (χ0v) is 13.0. The van der Waals surface area contributed by atoms with Gasteiger partial charge in [0.15, 0.2) is 0 Å². The summed E-state index contributed by atoms with van der Waals surface area (Å²) < 4.78 is 5.15. The number of aryl methyl sites for hydroxylation is 1. The third-order valence-electron chi connectivity index (χ3n) is 3.30. The van der Waals surface area contributed by atoms with E-state index in [0.29, 0.717) is 0 Å². The minimum Gasteiger partial charge on any atom is -0.497 e. The molecule has 0 bridgehead atoms. The summed E-state index contributed by atoms with van der Waals surface area (Å²) in [4.78, 5) is 0. The van der Waals surface area contributed by atoms with Crippen LogP contribution in [0.5, 0.6) is 5.75 Å². The molecule has 0 saturated carbocycles. The number of benzene rings is 2. The van der Waals surface area contributed by atoms with Gasteiger partial charge in [0.1, 0.15) is 5.75 Å². The first-order chi connectivity index (χ1) is 9.69. The van der Waals surface area contributed by atoms with E-state index in [1.54, 1.807) is 7.11 Å². The Labute approximate surface area is 130 Å². The average Bonchev–Trinajstić information content (AvgIpc) is 2.48. The standard InChI is InChI=1S/C17H18Cl2O/c1-20-16-10-7-13(8-11-16)6-9-15(18)12-14-4-2-3-5-17(14)19/h2-5,7-8,10-11,15H,6,9,12H2,1H3. The summed E-state index contributed by atoms with van der Waals surface area (Å²) in [6, 6.07) is 16.0. The minimum absolute atomic E-state index is 0.0944. The van der Waals surface area contributed by atoms with E-state index >= 15 is 0 Å². The van der Waals surface area contributed by atoms with Gasteiger partial charge in [-0.15, -0.1) is 11.6 Å². The molecule has 0 aromatic heterocycles. The van der Waals surface area contributed by atoms with Crippen LogP contribution >= 0.6 is 23.2 Å². The molecular weight excluding hydrogens is 291 g/mol. The van der Waals surface area contributed by atoms with Crippen molar-refractivity contribution in [2.24, 2.45) is 0 Å². The van der Waals surface area contributed by atoms with Gasteiger partial charge in [0.2, 0.25) is 0 Å². The molecular formula is C17H18Cl2O. The fraction of sp³-hybridized carbons (Fsp3) is 0.294. The van der Waals surface area contributed by atoms with E-state index in [1.165, 1.54) is 5.56 Å². The van der Waals surface area contributed by atoms with Crippen LogP contribution in [0.1, 0.15) is 17.5 Å². The van der Waals surface area contributed by atoms with E-state index in [9.17, 15) is 0 Å². The molecule has 0 fully saturated rings. The Hall–Kier alpha value is -1.18. The zero-order chi connectivity index (χ0) is 14.4. The van der Waals surface area contributed by atoms with Gasteiger partial charge >= 0.3 is 0 Å². The Morgan fingerprint density at radius 3 is 2.40 bits per heavy atom. The predicted octanol–water partition coefficient (Wildman–Crippen LogP) is 5.13. The summed E-state index contributed by atoms with van der Waals surface area (Å²) in [7, 11) is 1.67. The molecule has 0 heterocycles. The van der Waals surface area contributed by atoms with Crippen molar-refractivity contribution in [3.05, 3.63) is 64.7 Å². The molecule has 1 atom stereocenters. The van der Waals surface area contributed by atoms with Gasteiger partial charge in [0, 0.05) is 10.4 Å². The summed E-state index contributed by atoms with van der Waals surface area (Å²) in [6.07, 6.45) is 2.69. The number of methoxy groups -OCH3 is 1. The second-order valence-corrected chi connectivity index (χ2v) is 5.80. The number of hydrogen-bond acceptors (Lipinski definition) is 1. The van der Waals surface area contributed by atoms with Crippen molar-refractivity contribution in [2.75, 3.05) is 7.11 Å². The zero-order valence-electron chi connectivity index (χ0n) is 11.5. The molecule has 0 amide bonds. The molecule has 0 saturated heterocycles. The molecule has 106 valence electrons. The lowest BCUT2D eigenvalue weighted by molar-refractivity contribution is 0.414. The van der Waals surface area contributed by atoms with E-state index in [1.807, 2.05) is 36.4 Å². The molecule has 2 aromatic carbocycles. The maximum absolute atomic E-state index is 6.41. The molecule has 3 heteroatoms. The smallest absolute Gasteiger partial charge is 0.118 e. The van der Waals surface area contributed by atoms with Crippen LogP contribution in [0.15, 0.2) is 48.5 Å². The van der Waals surface area contributed by atoms with Gasteiger partial charge in [-0.25, -0.2) is 0 Å². The highest BCUT2D eigenvalue weighted by Crippen LogP contribution is 2.21. The van der Waals surface area contributed by atoms with Gasteiger partial charge in [-0.3, -0.25) is 0 Å². The van der Waals surface area contributed by atoms with Crippen LogP contribution in [-0.2, 0) is 12.8 Å². The highest BCUT2D eigenvalue weighted by Gasteiger charge is 2.09. The number of ether oxygens (including phenoxy) is 1. The van der Waals surface area contributed by atoms with Gasteiger partial charge in [-0.2, -0.15) is 0 Å². The quantitative estimate of drug-likeness (QED) is 0.672. The third-order valence-corrected chi connectivity index (χ3v) is 4.05. The second-order valence-electron chi connectivity index (χ2n) is 4.78. The van der Waals surface area contributed by atoms with E-state index < -0.39 is 0 Å².